The molecule has 13 heteroatoms. The predicted molar refractivity (Wildman–Crippen MR) is 138 cm³/mol. The SMILES string of the molecule is COCCOC(=O)C[C@H]1CC[C@H](Nc2cc(NC3CC3)c3ncc(C(=O)Nc4cc(O)ncn4)n3n2)CC1. The van der Waals surface area contributed by atoms with Crippen molar-refractivity contribution >= 4 is 34.8 Å². The first-order valence-corrected chi connectivity index (χ1v) is 12.9. The van der Waals surface area contributed by atoms with Crippen LogP contribution in [0.1, 0.15) is 55.4 Å². The highest BCUT2D eigenvalue weighted by Gasteiger charge is 2.27. The first-order chi connectivity index (χ1) is 18.5. The fraction of sp³-hybridized carbons (Fsp3) is 0.520. The van der Waals surface area contributed by atoms with Crippen molar-refractivity contribution in [1.82, 2.24) is 24.6 Å². The summed E-state index contributed by atoms with van der Waals surface area (Å²) in [5.74, 6) is 0.222. The Morgan fingerprint density at radius 1 is 1.00 bits per heavy atom. The number of aromatic nitrogens is 5. The topological polar surface area (TPSA) is 165 Å². The van der Waals surface area contributed by atoms with Crippen molar-refractivity contribution in [3.63, 3.8) is 0 Å². The first kappa shape index (κ1) is 25.6. The van der Waals surface area contributed by atoms with Crippen molar-refractivity contribution < 1.29 is 24.2 Å². The zero-order valence-corrected chi connectivity index (χ0v) is 21.2. The fourth-order valence-electron chi connectivity index (χ4n) is 4.60. The number of hydrogen-bond donors (Lipinski definition) is 4. The summed E-state index contributed by atoms with van der Waals surface area (Å²) in [5.41, 5.74) is 1.58. The third kappa shape index (κ3) is 6.46. The Bertz CT molecular complexity index is 1290. The van der Waals surface area contributed by atoms with E-state index >= 15 is 0 Å². The van der Waals surface area contributed by atoms with Gasteiger partial charge in [-0.3, -0.25) is 9.59 Å². The maximum Gasteiger partial charge on any atom is 0.306 e. The van der Waals surface area contributed by atoms with Gasteiger partial charge in [0.05, 0.1) is 18.5 Å². The van der Waals surface area contributed by atoms with Gasteiger partial charge in [-0.2, -0.15) is 0 Å². The summed E-state index contributed by atoms with van der Waals surface area (Å²) in [7, 11) is 1.58. The van der Waals surface area contributed by atoms with E-state index in [-0.39, 0.29) is 36.0 Å². The molecule has 3 aromatic rings. The van der Waals surface area contributed by atoms with E-state index in [0.717, 1.165) is 50.5 Å². The number of fused-ring (bicyclic) bond motifs is 1. The van der Waals surface area contributed by atoms with E-state index in [1.807, 2.05) is 6.07 Å². The van der Waals surface area contributed by atoms with E-state index < -0.39 is 5.91 Å². The van der Waals surface area contributed by atoms with Crippen molar-refractivity contribution in [2.75, 3.05) is 36.3 Å². The highest BCUT2D eigenvalue weighted by molar-refractivity contribution is 6.03. The molecule has 202 valence electrons. The van der Waals surface area contributed by atoms with Gasteiger partial charge in [0.25, 0.3) is 5.91 Å². The molecular formula is C25H32N8O5. The van der Waals surface area contributed by atoms with Gasteiger partial charge < -0.3 is 30.5 Å². The molecule has 4 N–H and O–H groups in total. The third-order valence-corrected chi connectivity index (χ3v) is 6.74. The maximum absolute atomic E-state index is 13.0. The van der Waals surface area contributed by atoms with Crippen LogP contribution in [-0.2, 0) is 14.3 Å². The van der Waals surface area contributed by atoms with Gasteiger partial charge in [0.15, 0.2) is 11.3 Å². The van der Waals surface area contributed by atoms with Gasteiger partial charge in [0.1, 0.15) is 24.6 Å². The predicted octanol–water partition coefficient (Wildman–Crippen LogP) is 2.60. The number of esters is 1. The number of ether oxygens (including phenoxy) is 2. The molecule has 3 aromatic heterocycles. The number of methoxy groups -OCH3 is 1. The van der Waals surface area contributed by atoms with E-state index in [1.54, 1.807) is 7.11 Å². The molecule has 2 fully saturated rings. The second-order valence-electron chi connectivity index (χ2n) is 9.74. The second kappa shape index (κ2) is 11.6. The van der Waals surface area contributed by atoms with Crippen molar-refractivity contribution in [2.24, 2.45) is 5.92 Å². The van der Waals surface area contributed by atoms with Crippen LogP contribution in [0.25, 0.3) is 5.65 Å². The van der Waals surface area contributed by atoms with Crippen LogP contribution in [-0.4, -0.2) is 74.0 Å². The number of anilines is 3. The molecule has 0 aromatic carbocycles. The van der Waals surface area contributed by atoms with Gasteiger partial charge in [-0.15, -0.1) is 5.10 Å². The van der Waals surface area contributed by atoms with Crippen LogP contribution in [0.2, 0.25) is 0 Å². The Morgan fingerprint density at radius 2 is 1.76 bits per heavy atom. The summed E-state index contributed by atoms with van der Waals surface area (Å²) in [5, 5.41) is 23.9. The number of carbonyl (C=O) groups is 2. The van der Waals surface area contributed by atoms with Crippen LogP contribution < -0.4 is 16.0 Å². The number of amides is 1. The van der Waals surface area contributed by atoms with Crippen molar-refractivity contribution in [3.05, 3.63) is 30.4 Å². The Labute approximate surface area is 219 Å². The molecule has 2 saturated carbocycles. The Kier molecular flexibility index (Phi) is 7.82. The second-order valence-corrected chi connectivity index (χ2v) is 9.74. The Hall–Kier alpha value is -4.00. The normalized spacial score (nSPS) is 19.2. The molecule has 5 rings (SSSR count). The van der Waals surface area contributed by atoms with Crippen molar-refractivity contribution in [2.45, 2.75) is 57.0 Å². The van der Waals surface area contributed by atoms with Gasteiger partial charge in [-0.05, 0) is 44.4 Å². The molecule has 0 atom stereocenters. The average molecular weight is 525 g/mol. The summed E-state index contributed by atoms with van der Waals surface area (Å²) in [6, 6.07) is 3.77. The minimum absolute atomic E-state index is 0.169. The minimum atomic E-state index is -0.462. The van der Waals surface area contributed by atoms with Crippen LogP contribution in [0.5, 0.6) is 5.88 Å². The number of nitrogens with one attached hydrogen (secondary N) is 3. The lowest BCUT2D eigenvalue weighted by atomic mass is 9.84. The summed E-state index contributed by atoms with van der Waals surface area (Å²) < 4.78 is 11.6. The molecule has 2 aliphatic carbocycles. The zero-order valence-electron chi connectivity index (χ0n) is 21.2. The number of rotatable bonds is 11. The highest BCUT2D eigenvalue weighted by atomic mass is 16.6. The van der Waals surface area contributed by atoms with E-state index in [2.05, 4.69) is 36.0 Å². The van der Waals surface area contributed by atoms with E-state index in [0.29, 0.717) is 36.5 Å². The number of imidazole rings is 1. The third-order valence-electron chi connectivity index (χ3n) is 6.74. The first-order valence-electron chi connectivity index (χ1n) is 12.9. The van der Waals surface area contributed by atoms with Crippen molar-refractivity contribution in [3.8, 4) is 5.88 Å². The quantitative estimate of drug-likeness (QED) is 0.215. The number of carbonyl (C=O) groups excluding carboxylic acids is 2. The standard InChI is InChI=1S/C25H32N8O5/c1-37-8-9-38-23(35)10-15-2-4-17(5-3-15)30-21-11-18(29-16-6-7-16)24-26-13-19(33(24)32-21)25(36)31-20-12-22(34)28-14-27-20/h11-17,29H,2-10H2,1H3,(H,30,32)(H2,27,28,31,34,36)/t15-,17-. The van der Waals surface area contributed by atoms with Gasteiger partial charge >= 0.3 is 5.97 Å². The Morgan fingerprint density at radius 3 is 2.50 bits per heavy atom. The minimum Gasteiger partial charge on any atom is -0.493 e. The van der Waals surface area contributed by atoms with Crippen LogP contribution in [0.4, 0.5) is 17.3 Å². The summed E-state index contributed by atoms with van der Waals surface area (Å²) in [4.78, 5) is 37.1. The van der Waals surface area contributed by atoms with Crippen molar-refractivity contribution in [1.29, 1.82) is 0 Å². The molecule has 2 aliphatic rings. The molecule has 0 bridgehead atoms. The summed E-state index contributed by atoms with van der Waals surface area (Å²) in [6.07, 6.45) is 8.85. The summed E-state index contributed by atoms with van der Waals surface area (Å²) >= 11 is 0. The van der Waals surface area contributed by atoms with E-state index in [4.69, 9.17) is 9.47 Å². The van der Waals surface area contributed by atoms with Crippen LogP contribution >= 0.6 is 0 Å². The van der Waals surface area contributed by atoms with Crippen LogP contribution in [0, 0.1) is 5.92 Å². The molecular weight excluding hydrogens is 492 g/mol. The zero-order chi connectivity index (χ0) is 26.5. The Balaban J connectivity index is 1.27. The molecule has 0 unspecified atom stereocenters. The molecule has 0 spiro atoms. The van der Waals surface area contributed by atoms with Crippen LogP contribution in [0.3, 0.4) is 0 Å². The van der Waals surface area contributed by atoms with Gasteiger partial charge in [0, 0.05) is 37.7 Å². The molecule has 38 heavy (non-hydrogen) atoms. The maximum atomic E-state index is 13.0. The summed E-state index contributed by atoms with van der Waals surface area (Å²) in [6.45, 7) is 0.690. The lowest BCUT2D eigenvalue weighted by Crippen LogP contribution is -2.28. The van der Waals surface area contributed by atoms with Gasteiger partial charge in [0.2, 0.25) is 5.88 Å². The number of nitrogens with zero attached hydrogens (tertiary/aromatic N) is 5. The lowest BCUT2D eigenvalue weighted by molar-refractivity contribution is -0.146. The molecule has 0 saturated heterocycles. The molecule has 0 radical (unpaired) electrons. The lowest BCUT2D eigenvalue weighted by Gasteiger charge is -2.29. The largest absolute Gasteiger partial charge is 0.493 e. The average Bonchev–Trinajstić information content (AvgIpc) is 3.60. The fourth-order valence-corrected chi connectivity index (χ4v) is 4.60. The molecule has 1 amide bonds. The van der Waals surface area contributed by atoms with E-state index in [9.17, 15) is 14.7 Å². The molecule has 3 heterocycles. The van der Waals surface area contributed by atoms with Crippen LogP contribution in [0.15, 0.2) is 24.7 Å². The number of hydrogen-bond acceptors (Lipinski definition) is 11. The monoisotopic (exact) mass is 524 g/mol. The smallest absolute Gasteiger partial charge is 0.306 e. The molecule has 0 aliphatic heterocycles. The highest BCUT2D eigenvalue weighted by Crippen LogP contribution is 2.31. The number of aromatic hydroxyl groups is 1. The van der Waals surface area contributed by atoms with Gasteiger partial charge in [-0.25, -0.2) is 19.5 Å². The van der Waals surface area contributed by atoms with E-state index in [1.165, 1.54) is 16.8 Å². The molecule has 13 nitrogen and oxygen atoms in total. The van der Waals surface area contributed by atoms with Gasteiger partial charge in [-0.1, -0.05) is 0 Å².